The molecular weight excluding hydrogens is 412 g/mol. The smallest absolute Gasteiger partial charge is 0.264 e. The lowest BCUT2D eigenvalue weighted by molar-refractivity contribution is -0.118. The average molecular weight is 433 g/mol. The van der Waals surface area contributed by atoms with Gasteiger partial charge in [0.15, 0.2) is 17.5 Å². The molecule has 1 aliphatic heterocycles. The Kier molecular flexibility index (Phi) is 5.26. The van der Waals surface area contributed by atoms with Crippen molar-refractivity contribution in [2.75, 3.05) is 11.9 Å². The Balaban J connectivity index is 1.17. The number of nitrogens with zero attached hydrogens (tertiary/aromatic N) is 1. The molecule has 7 heteroatoms. The number of thiazole rings is 1. The third-order valence-electron chi connectivity index (χ3n) is 5.22. The third-order valence-corrected chi connectivity index (χ3v) is 6.29. The van der Waals surface area contributed by atoms with Gasteiger partial charge in [-0.15, -0.1) is 11.3 Å². The fraction of sp³-hybridized carbons (Fsp3) is 0.208. The summed E-state index contributed by atoms with van der Waals surface area (Å²) in [5.74, 6) is 1.07. The van der Waals surface area contributed by atoms with Gasteiger partial charge >= 0.3 is 0 Å². The number of carbonyl (C=O) groups excluding carboxylic acids is 2. The number of ether oxygens (including phenoxy) is 2. The highest BCUT2D eigenvalue weighted by Crippen LogP contribution is 2.32. The molecule has 1 aliphatic carbocycles. The second kappa shape index (κ2) is 8.35. The molecule has 156 valence electrons. The molecule has 2 aliphatic rings. The van der Waals surface area contributed by atoms with Crippen LogP contribution >= 0.6 is 11.3 Å². The number of nitrogens with one attached hydrogen (secondary N) is 1. The minimum atomic E-state index is -0.236. The summed E-state index contributed by atoms with van der Waals surface area (Å²) in [5, 5.41) is 3.47. The van der Waals surface area contributed by atoms with Gasteiger partial charge in [-0.1, -0.05) is 24.3 Å². The average Bonchev–Trinajstić information content (AvgIpc) is 3.33. The summed E-state index contributed by atoms with van der Waals surface area (Å²) in [7, 11) is 0. The molecule has 3 aromatic rings. The van der Waals surface area contributed by atoms with E-state index in [1.807, 2.05) is 24.3 Å². The SMILES string of the molecule is O=C(COc1ccc(/C=C2\Oc3ccccc3C2=O)cc1)Nc1nc2c(s1)CCCC2. The van der Waals surface area contributed by atoms with Crippen LogP contribution in [0.1, 0.15) is 39.3 Å². The molecule has 0 unspecified atom stereocenters. The highest BCUT2D eigenvalue weighted by molar-refractivity contribution is 7.15. The van der Waals surface area contributed by atoms with Gasteiger partial charge < -0.3 is 9.47 Å². The van der Waals surface area contributed by atoms with Crippen molar-refractivity contribution in [3.05, 3.63) is 76.0 Å². The number of carbonyl (C=O) groups is 2. The van der Waals surface area contributed by atoms with Gasteiger partial charge in [-0.05, 0) is 61.6 Å². The van der Waals surface area contributed by atoms with Crippen LogP contribution < -0.4 is 14.8 Å². The molecule has 2 heterocycles. The van der Waals surface area contributed by atoms with Gasteiger partial charge in [-0.2, -0.15) is 0 Å². The molecule has 0 spiro atoms. The van der Waals surface area contributed by atoms with Gasteiger partial charge in [0.1, 0.15) is 11.5 Å². The van der Waals surface area contributed by atoms with E-state index in [1.54, 1.807) is 41.7 Å². The van der Waals surface area contributed by atoms with Gasteiger partial charge in [-0.3, -0.25) is 14.9 Å². The van der Waals surface area contributed by atoms with E-state index in [0.717, 1.165) is 30.5 Å². The third kappa shape index (κ3) is 4.22. The van der Waals surface area contributed by atoms with Crippen molar-refractivity contribution in [3.8, 4) is 11.5 Å². The quantitative estimate of drug-likeness (QED) is 0.594. The van der Waals surface area contributed by atoms with Gasteiger partial charge in [0.25, 0.3) is 5.91 Å². The van der Waals surface area contributed by atoms with E-state index >= 15 is 0 Å². The van der Waals surface area contributed by atoms with Gasteiger partial charge in [0.05, 0.1) is 11.3 Å². The minimum absolute atomic E-state index is 0.0956. The second-order valence-corrected chi connectivity index (χ2v) is 8.52. The number of Topliss-reactive ketones (excluding diaryl/α,β-unsaturated/α-hetero) is 1. The number of para-hydroxylation sites is 1. The molecule has 5 rings (SSSR count). The van der Waals surface area contributed by atoms with E-state index < -0.39 is 0 Å². The highest BCUT2D eigenvalue weighted by Gasteiger charge is 2.26. The Labute approximate surface area is 183 Å². The first kappa shape index (κ1) is 19.5. The molecule has 2 aromatic carbocycles. The topological polar surface area (TPSA) is 77.5 Å². The summed E-state index contributed by atoms with van der Waals surface area (Å²) in [6.45, 7) is -0.0956. The van der Waals surface area contributed by atoms with Crippen molar-refractivity contribution in [3.63, 3.8) is 0 Å². The van der Waals surface area contributed by atoms with Crippen molar-refractivity contribution >= 4 is 34.2 Å². The van der Waals surface area contributed by atoms with Crippen LogP contribution in [-0.4, -0.2) is 23.3 Å². The van der Waals surface area contributed by atoms with E-state index in [4.69, 9.17) is 9.47 Å². The van der Waals surface area contributed by atoms with Crippen LogP contribution in [0, 0.1) is 0 Å². The van der Waals surface area contributed by atoms with Gasteiger partial charge in [0, 0.05) is 4.88 Å². The number of rotatable bonds is 5. The fourth-order valence-corrected chi connectivity index (χ4v) is 4.72. The molecule has 6 nitrogen and oxygen atoms in total. The zero-order chi connectivity index (χ0) is 21.2. The van der Waals surface area contributed by atoms with E-state index in [0.29, 0.717) is 28.0 Å². The Hall–Kier alpha value is -3.45. The molecule has 0 bridgehead atoms. The lowest BCUT2D eigenvalue weighted by Crippen LogP contribution is -2.20. The largest absolute Gasteiger partial charge is 0.484 e. The lowest BCUT2D eigenvalue weighted by Gasteiger charge is -2.06. The van der Waals surface area contributed by atoms with Crippen molar-refractivity contribution < 1.29 is 19.1 Å². The molecule has 0 saturated carbocycles. The predicted molar refractivity (Wildman–Crippen MR) is 119 cm³/mol. The number of aryl methyl sites for hydroxylation is 2. The van der Waals surface area contributed by atoms with Crippen LogP contribution in [0.5, 0.6) is 11.5 Å². The van der Waals surface area contributed by atoms with Gasteiger partial charge in [0.2, 0.25) is 5.78 Å². The normalized spacial score (nSPS) is 15.9. The first-order valence-corrected chi connectivity index (χ1v) is 11.0. The predicted octanol–water partition coefficient (Wildman–Crippen LogP) is 4.66. The maximum atomic E-state index is 12.4. The Morgan fingerprint density at radius 3 is 2.74 bits per heavy atom. The maximum Gasteiger partial charge on any atom is 0.264 e. The number of ketones is 1. The zero-order valence-corrected chi connectivity index (χ0v) is 17.5. The van der Waals surface area contributed by atoms with Gasteiger partial charge in [-0.25, -0.2) is 4.98 Å². The van der Waals surface area contributed by atoms with Crippen LogP contribution in [0.25, 0.3) is 6.08 Å². The summed E-state index contributed by atoms with van der Waals surface area (Å²) < 4.78 is 11.2. The molecule has 1 amide bonds. The van der Waals surface area contributed by atoms with E-state index in [9.17, 15) is 9.59 Å². The molecule has 31 heavy (non-hydrogen) atoms. The van der Waals surface area contributed by atoms with Crippen LogP contribution in [-0.2, 0) is 17.6 Å². The Morgan fingerprint density at radius 1 is 1.13 bits per heavy atom. The number of hydrogen-bond donors (Lipinski definition) is 1. The Bertz CT molecular complexity index is 1160. The summed E-state index contributed by atoms with van der Waals surface area (Å²) in [6, 6.07) is 14.3. The monoisotopic (exact) mass is 432 g/mol. The van der Waals surface area contributed by atoms with Crippen LogP contribution in [0.2, 0.25) is 0 Å². The van der Waals surface area contributed by atoms with Crippen molar-refractivity contribution in [1.82, 2.24) is 4.98 Å². The number of hydrogen-bond acceptors (Lipinski definition) is 6. The zero-order valence-electron chi connectivity index (χ0n) is 16.7. The van der Waals surface area contributed by atoms with Crippen molar-refractivity contribution in [2.45, 2.75) is 25.7 Å². The molecule has 0 fully saturated rings. The molecular formula is C24H20N2O4S. The molecule has 0 atom stereocenters. The lowest BCUT2D eigenvalue weighted by atomic mass is 10.0. The van der Waals surface area contributed by atoms with Crippen LogP contribution in [0.15, 0.2) is 54.3 Å². The first-order chi connectivity index (χ1) is 15.2. The number of fused-ring (bicyclic) bond motifs is 2. The molecule has 1 aromatic heterocycles. The van der Waals surface area contributed by atoms with E-state index in [1.165, 1.54) is 11.3 Å². The van der Waals surface area contributed by atoms with Crippen molar-refractivity contribution in [2.24, 2.45) is 0 Å². The van der Waals surface area contributed by atoms with Crippen molar-refractivity contribution in [1.29, 1.82) is 0 Å². The van der Waals surface area contributed by atoms with Crippen LogP contribution in [0.4, 0.5) is 5.13 Å². The number of allylic oxidation sites excluding steroid dienone is 1. The number of benzene rings is 2. The summed E-state index contributed by atoms with van der Waals surface area (Å²) in [4.78, 5) is 30.4. The first-order valence-electron chi connectivity index (χ1n) is 10.2. The minimum Gasteiger partial charge on any atom is -0.484 e. The van der Waals surface area contributed by atoms with E-state index in [2.05, 4.69) is 10.3 Å². The highest BCUT2D eigenvalue weighted by atomic mass is 32.1. The number of anilines is 1. The number of amides is 1. The molecule has 0 radical (unpaired) electrons. The second-order valence-electron chi connectivity index (χ2n) is 7.44. The maximum absolute atomic E-state index is 12.4. The van der Waals surface area contributed by atoms with E-state index in [-0.39, 0.29) is 18.3 Å². The summed E-state index contributed by atoms with van der Waals surface area (Å²) >= 11 is 1.55. The summed E-state index contributed by atoms with van der Waals surface area (Å²) in [6.07, 6.45) is 6.08. The number of aromatic nitrogens is 1. The Morgan fingerprint density at radius 2 is 1.94 bits per heavy atom. The molecule has 1 N–H and O–H groups in total. The fourth-order valence-electron chi connectivity index (χ4n) is 3.66. The standard InChI is InChI=1S/C24H20N2O4S/c27-22(26-24-25-18-6-2-4-8-21(18)31-24)14-29-16-11-9-15(10-12-16)13-20-23(28)17-5-1-3-7-19(17)30-20/h1,3,5,7,9-13H,2,4,6,8,14H2,(H,25,26,27)/b20-13-. The van der Waals surface area contributed by atoms with Crippen LogP contribution in [0.3, 0.4) is 0 Å². The molecule has 0 saturated heterocycles. The summed E-state index contributed by atoms with van der Waals surface area (Å²) in [5.41, 5.74) is 2.49.